The fraction of sp³-hybridized carbons (Fsp3) is 0.750. The summed E-state index contributed by atoms with van der Waals surface area (Å²) in [5.41, 5.74) is -0.769. The van der Waals surface area contributed by atoms with E-state index in [4.69, 9.17) is 21.1 Å². The number of nitrogens with zero attached hydrogens (tertiary/aromatic N) is 2. The van der Waals surface area contributed by atoms with Crippen LogP contribution in [0.4, 0.5) is 0 Å². The Morgan fingerprint density at radius 1 is 1.09 bits per heavy atom. The lowest BCUT2D eigenvalue weighted by Gasteiger charge is -2.45. The van der Waals surface area contributed by atoms with Crippen LogP contribution in [-0.2, 0) is 19.5 Å². The van der Waals surface area contributed by atoms with Crippen molar-refractivity contribution >= 4 is 21.6 Å². The van der Waals surface area contributed by atoms with Gasteiger partial charge in [0.05, 0.1) is 29.8 Å². The topological polar surface area (TPSA) is 99.5 Å². The molecule has 34 heavy (non-hydrogen) atoms. The average Bonchev–Trinajstić information content (AvgIpc) is 3.77. The molecule has 2 saturated heterocycles. The first-order valence-electron chi connectivity index (χ1n) is 12.4. The van der Waals surface area contributed by atoms with Crippen molar-refractivity contribution in [1.29, 1.82) is 0 Å². The minimum Gasteiger partial charge on any atom is -0.396 e. The normalized spacial score (nSPS) is 29.7. The summed E-state index contributed by atoms with van der Waals surface area (Å²) in [6.45, 7) is 2.05. The van der Waals surface area contributed by atoms with Gasteiger partial charge in [-0.25, -0.2) is 8.42 Å². The summed E-state index contributed by atoms with van der Waals surface area (Å²) in [6, 6.07) is 5.55. The highest BCUT2D eigenvalue weighted by molar-refractivity contribution is 7.89. The van der Waals surface area contributed by atoms with Crippen LogP contribution in [0.25, 0.3) is 0 Å². The van der Waals surface area contributed by atoms with E-state index in [1.807, 2.05) is 4.90 Å². The van der Waals surface area contributed by atoms with Crippen LogP contribution in [0.1, 0.15) is 44.9 Å². The second kappa shape index (κ2) is 9.94. The first-order valence-corrected chi connectivity index (χ1v) is 14.2. The second-order valence-corrected chi connectivity index (χ2v) is 12.6. The standard InChI is InChI=1S/C24H35ClN2O6S/c25-19-3-5-21(6-4-19)34(30,31)27-20(13-17-1-2-17)15-32-16-22(27)24(9-10-24)33-23(29)26-11-7-18(14-28)8-12-26/h3-6,17-18,20,22-23,28-29H,1-2,7-16H2/t20-,22-,23?/m1/s1. The predicted molar refractivity (Wildman–Crippen MR) is 127 cm³/mol. The third kappa shape index (κ3) is 5.18. The molecule has 10 heteroatoms. The van der Waals surface area contributed by atoms with Crippen molar-refractivity contribution in [2.45, 2.75) is 73.9 Å². The molecule has 4 aliphatic rings. The molecule has 2 aliphatic heterocycles. The number of ether oxygens (including phenoxy) is 2. The third-order valence-corrected chi connectivity index (χ3v) is 10.1. The van der Waals surface area contributed by atoms with E-state index in [0.29, 0.717) is 43.5 Å². The van der Waals surface area contributed by atoms with Crippen LogP contribution < -0.4 is 0 Å². The first-order chi connectivity index (χ1) is 16.3. The van der Waals surface area contributed by atoms with Crippen LogP contribution in [-0.4, -0.2) is 84.8 Å². The number of benzene rings is 1. The monoisotopic (exact) mass is 514 g/mol. The van der Waals surface area contributed by atoms with E-state index in [1.165, 1.54) is 0 Å². The Labute approximate surface area is 206 Å². The third-order valence-electron chi connectivity index (χ3n) is 7.85. The van der Waals surface area contributed by atoms with Gasteiger partial charge < -0.3 is 19.7 Å². The Balaban J connectivity index is 1.38. The van der Waals surface area contributed by atoms with Gasteiger partial charge in [0.2, 0.25) is 16.4 Å². The van der Waals surface area contributed by atoms with E-state index in [-0.39, 0.29) is 30.1 Å². The quantitative estimate of drug-likeness (QED) is 0.488. The number of halogens is 1. The predicted octanol–water partition coefficient (Wildman–Crippen LogP) is 2.43. The highest BCUT2D eigenvalue weighted by Gasteiger charge is 2.59. The van der Waals surface area contributed by atoms with Crippen LogP contribution in [0.15, 0.2) is 29.2 Å². The SMILES string of the molecule is O=S(=O)(c1ccc(Cl)cc1)N1[C@H](CC2CC2)COC[C@@H]1C1(OC(O)N2CCC(CO)CC2)CC1. The molecular weight excluding hydrogens is 480 g/mol. The maximum absolute atomic E-state index is 13.9. The first kappa shape index (κ1) is 24.9. The molecule has 2 aliphatic carbocycles. The van der Waals surface area contributed by atoms with Gasteiger partial charge in [-0.05, 0) is 68.2 Å². The van der Waals surface area contributed by atoms with Crippen LogP contribution in [0.2, 0.25) is 5.02 Å². The zero-order valence-corrected chi connectivity index (χ0v) is 21.0. The summed E-state index contributed by atoms with van der Waals surface area (Å²) < 4.78 is 41.7. The minimum absolute atomic E-state index is 0.161. The van der Waals surface area contributed by atoms with E-state index in [0.717, 1.165) is 32.1 Å². The van der Waals surface area contributed by atoms with Crippen LogP contribution >= 0.6 is 11.6 Å². The molecule has 2 saturated carbocycles. The van der Waals surface area contributed by atoms with Crippen molar-refractivity contribution in [3.63, 3.8) is 0 Å². The van der Waals surface area contributed by atoms with E-state index in [1.54, 1.807) is 28.6 Å². The molecule has 0 amide bonds. The average molecular weight is 515 g/mol. The van der Waals surface area contributed by atoms with Crippen molar-refractivity contribution in [2.75, 3.05) is 32.9 Å². The number of hydrogen-bond donors (Lipinski definition) is 2. The Bertz CT molecular complexity index is 945. The van der Waals surface area contributed by atoms with Gasteiger partial charge in [-0.2, -0.15) is 4.31 Å². The molecule has 8 nitrogen and oxygen atoms in total. The summed E-state index contributed by atoms with van der Waals surface area (Å²) in [7, 11) is -3.82. The molecule has 0 aromatic heterocycles. The molecule has 4 fully saturated rings. The van der Waals surface area contributed by atoms with Crippen molar-refractivity contribution in [2.24, 2.45) is 11.8 Å². The lowest BCUT2D eigenvalue weighted by Crippen LogP contribution is -2.61. The summed E-state index contributed by atoms with van der Waals surface area (Å²) in [5.74, 6) is 0.790. The van der Waals surface area contributed by atoms with E-state index in [9.17, 15) is 18.6 Å². The molecule has 5 rings (SSSR count). The second-order valence-electron chi connectivity index (χ2n) is 10.3. The van der Waals surface area contributed by atoms with Crippen LogP contribution in [0.3, 0.4) is 0 Å². The number of morpholine rings is 1. The van der Waals surface area contributed by atoms with Gasteiger partial charge in [0.1, 0.15) is 0 Å². The maximum atomic E-state index is 13.9. The number of aliphatic hydroxyl groups is 2. The van der Waals surface area contributed by atoms with Gasteiger partial charge >= 0.3 is 0 Å². The van der Waals surface area contributed by atoms with Crippen molar-refractivity contribution in [1.82, 2.24) is 9.21 Å². The van der Waals surface area contributed by atoms with Gasteiger partial charge in [-0.3, -0.25) is 4.90 Å². The number of sulfonamides is 1. The van der Waals surface area contributed by atoms with Crippen LogP contribution in [0.5, 0.6) is 0 Å². The molecule has 1 unspecified atom stereocenters. The summed E-state index contributed by atoms with van der Waals surface area (Å²) in [6.07, 6.45) is 4.87. The van der Waals surface area contributed by atoms with Crippen molar-refractivity contribution < 1.29 is 28.1 Å². The van der Waals surface area contributed by atoms with E-state index in [2.05, 4.69) is 0 Å². The number of hydrogen-bond acceptors (Lipinski definition) is 7. The van der Waals surface area contributed by atoms with Crippen molar-refractivity contribution in [3.05, 3.63) is 29.3 Å². The molecule has 2 heterocycles. The van der Waals surface area contributed by atoms with Gasteiger partial charge in [0.15, 0.2) is 0 Å². The van der Waals surface area contributed by atoms with Crippen LogP contribution in [0, 0.1) is 11.8 Å². The zero-order chi connectivity index (χ0) is 23.9. The fourth-order valence-electron chi connectivity index (χ4n) is 5.40. The lowest BCUT2D eigenvalue weighted by atomic mass is 9.98. The molecule has 0 spiro atoms. The Morgan fingerprint density at radius 3 is 2.35 bits per heavy atom. The van der Waals surface area contributed by atoms with E-state index >= 15 is 0 Å². The number of likely N-dealkylation sites (tertiary alicyclic amines) is 1. The Hall–Kier alpha value is -0.780. The Morgan fingerprint density at radius 2 is 1.76 bits per heavy atom. The smallest absolute Gasteiger partial charge is 0.243 e. The fourth-order valence-corrected chi connectivity index (χ4v) is 7.37. The molecule has 0 bridgehead atoms. The molecule has 2 N–H and O–H groups in total. The number of piperidine rings is 1. The largest absolute Gasteiger partial charge is 0.396 e. The molecule has 1 aromatic carbocycles. The molecule has 190 valence electrons. The molecule has 0 radical (unpaired) electrons. The Kier molecular flexibility index (Phi) is 7.27. The van der Waals surface area contributed by atoms with Crippen molar-refractivity contribution in [3.8, 4) is 0 Å². The minimum atomic E-state index is -3.82. The number of aliphatic hydroxyl groups excluding tert-OH is 2. The molecular formula is C24H35ClN2O6S. The van der Waals surface area contributed by atoms with Gasteiger partial charge in [0, 0.05) is 30.8 Å². The van der Waals surface area contributed by atoms with Gasteiger partial charge in [-0.15, -0.1) is 0 Å². The summed E-state index contributed by atoms with van der Waals surface area (Å²) >= 11 is 6.02. The lowest BCUT2D eigenvalue weighted by molar-refractivity contribution is -0.248. The van der Waals surface area contributed by atoms with Gasteiger partial charge in [0.25, 0.3) is 0 Å². The number of rotatable bonds is 9. The highest BCUT2D eigenvalue weighted by Crippen LogP contribution is 2.49. The summed E-state index contributed by atoms with van der Waals surface area (Å²) in [4.78, 5) is 2.09. The van der Waals surface area contributed by atoms with Gasteiger partial charge in [-0.1, -0.05) is 24.4 Å². The highest BCUT2D eigenvalue weighted by atomic mass is 35.5. The molecule has 1 aromatic rings. The molecule has 3 atom stereocenters. The maximum Gasteiger partial charge on any atom is 0.243 e. The van der Waals surface area contributed by atoms with E-state index < -0.39 is 28.1 Å². The zero-order valence-electron chi connectivity index (χ0n) is 19.4. The summed E-state index contributed by atoms with van der Waals surface area (Å²) in [5, 5.41) is 20.8.